The first-order chi connectivity index (χ1) is 14.9. The molecular formula is C23H28ClN5O2. The highest BCUT2D eigenvalue weighted by molar-refractivity contribution is 6.31. The maximum absolute atomic E-state index is 12.1. The van der Waals surface area contributed by atoms with Crippen molar-refractivity contribution in [2.45, 2.75) is 33.4 Å². The van der Waals surface area contributed by atoms with Gasteiger partial charge in [-0.3, -0.25) is 14.5 Å². The van der Waals surface area contributed by atoms with Gasteiger partial charge in [0.15, 0.2) is 5.78 Å². The Morgan fingerprint density at radius 1 is 1.32 bits per heavy atom. The minimum atomic E-state index is -0.0796. The van der Waals surface area contributed by atoms with E-state index in [2.05, 4.69) is 11.9 Å². The lowest BCUT2D eigenvalue weighted by Gasteiger charge is -2.27. The van der Waals surface area contributed by atoms with Gasteiger partial charge < -0.3 is 9.47 Å². The Labute approximate surface area is 188 Å². The highest BCUT2D eigenvalue weighted by atomic mass is 35.5. The Balaban J connectivity index is 0.000000316. The van der Waals surface area contributed by atoms with E-state index >= 15 is 0 Å². The Kier molecular flexibility index (Phi) is 9.44. The molecule has 1 aromatic carbocycles. The lowest BCUT2D eigenvalue weighted by molar-refractivity contribution is -0.127. The summed E-state index contributed by atoms with van der Waals surface area (Å²) >= 11 is 5.82. The number of hydrogen-bond acceptors (Lipinski definition) is 5. The molecule has 1 amide bonds. The first-order valence-electron chi connectivity index (χ1n) is 10.2. The quantitative estimate of drug-likeness (QED) is 0.390. The predicted octanol–water partition coefficient (Wildman–Crippen LogP) is 3.34. The summed E-state index contributed by atoms with van der Waals surface area (Å²) in [7, 11) is 1.82. The summed E-state index contributed by atoms with van der Waals surface area (Å²) in [6.07, 6.45) is 5.86. The second kappa shape index (κ2) is 12.0. The smallest absolute Gasteiger partial charge is 0.246 e. The Morgan fingerprint density at radius 3 is 2.68 bits per heavy atom. The fourth-order valence-corrected chi connectivity index (χ4v) is 3.41. The molecule has 0 saturated carbocycles. The third kappa shape index (κ3) is 7.06. The van der Waals surface area contributed by atoms with Gasteiger partial charge in [-0.2, -0.15) is 5.26 Å². The van der Waals surface area contributed by atoms with Crippen molar-refractivity contribution in [3.8, 4) is 6.07 Å². The van der Waals surface area contributed by atoms with Crippen LogP contribution in [0, 0.1) is 11.3 Å². The van der Waals surface area contributed by atoms with Crippen LogP contribution in [0.1, 0.15) is 35.7 Å². The van der Waals surface area contributed by atoms with Crippen molar-refractivity contribution in [1.29, 1.82) is 5.26 Å². The number of carbonyl (C=O) groups excluding carboxylic acids is 2. The van der Waals surface area contributed by atoms with Crippen molar-refractivity contribution in [3.63, 3.8) is 0 Å². The first kappa shape index (κ1) is 24.3. The lowest BCUT2D eigenvalue weighted by Crippen LogP contribution is -2.38. The zero-order chi connectivity index (χ0) is 22.8. The number of benzene rings is 1. The molecule has 0 aliphatic carbocycles. The molecule has 1 aliphatic rings. The normalized spacial score (nSPS) is 12.8. The van der Waals surface area contributed by atoms with E-state index in [1.54, 1.807) is 17.2 Å². The minimum absolute atomic E-state index is 0.0149. The van der Waals surface area contributed by atoms with Crippen molar-refractivity contribution in [2.75, 3.05) is 26.7 Å². The second-order valence-corrected chi connectivity index (χ2v) is 7.64. The third-order valence-electron chi connectivity index (χ3n) is 4.89. The van der Waals surface area contributed by atoms with E-state index in [1.165, 1.54) is 18.6 Å². The molecular weight excluding hydrogens is 414 g/mol. The van der Waals surface area contributed by atoms with Gasteiger partial charge in [0.2, 0.25) is 5.91 Å². The summed E-state index contributed by atoms with van der Waals surface area (Å²) < 4.78 is 1.87. The number of aryl methyl sites for hydroxylation is 1. The maximum Gasteiger partial charge on any atom is 0.246 e. The van der Waals surface area contributed by atoms with E-state index < -0.39 is 0 Å². The van der Waals surface area contributed by atoms with E-state index in [4.69, 9.17) is 16.9 Å². The molecule has 0 fully saturated rings. The molecule has 31 heavy (non-hydrogen) atoms. The number of Topliss-reactive ketones (excluding diaryl/α,β-unsaturated/α-hetero) is 1. The van der Waals surface area contributed by atoms with Crippen molar-refractivity contribution >= 4 is 23.3 Å². The number of amides is 1. The van der Waals surface area contributed by atoms with Crippen molar-refractivity contribution in [3.05, 3.63) is 64.7 Å². The molecule has 0 N–H and O–H groups in total. The zero-order valence-corrected chi connectivity index (χ0v) is 19.0. The van der Waals surface area contributed by atoms with Crippen LogP contribution in [0.2, 0.25) is 5.02 Å². The molecule has 2 aromatic rings. The van der Waals surface area contributed by atoms with Crippen LogP contribution in [-0.2, 0) is 24.3 Å². The standard InChI is InChI=1S/C15H19N5O2.C8H9Cl/c1-12(21)13-10-17-14-11-19(8-9-20(13)14)15(22)4-3-6-18(2)7-5-16;1-2-7-5-3-4-6-8(7)9/h3-4,10H,6-9,11H2,1-2H3;3-6H,2H2,1H3/b4-3+;. The van der Waals surface area contributed by atoms with Crippen molar-refractivity contribution in [2.24, 2.45) is 0 Å². The molecule has 3 rings (SSSR count). The van der Waals surface area contributed by atoms with Crippen molar-refractivity contribution < 1.29 is 9.59 Å². The van der Waals surface area contributed by atoms with Crippen LogP contribution >= 0.6 is 11.6 Å². The average Bonchev–Trinajstić information content (AvgIpc) is 3.18. The molecule has 8 heteroatoms. The monoisotopic (exact) mass is 441 g/mol. The number of nitriles is 1. The van der Waals surface area contributed by atoms with Crippen molar-refractivity contribution in [1.82, 2.24) is 19.4 Å². The maximum atomic E-state index is 12.1. The van der Waals surface area contributed by atoms with Gasteiger partial charge in [-0.1, -0.05) is 42.8 Å². The Hall–Kier alpha value is -2.95. The number of aromatic nitrogens is 2. The highest BCUT2D eigenvalue weighted by Gasteiger charge is 2.23. The predicted molar refractivity (Wildman–Crippen MR) is 121 cm³/mol. The van der Waals surface area contributed by atoms with E-state index in [0.717, 1.165) is 17.3 Å². The number of likely N-dealkylation sites (N-methyl/N-ethyl adjacent to an activating group) is 1. The van der Waals surface area contributed by atoms with Crippen LogP contribution in [0.25, 0.3) is 0 Å². The molecule has 1 aromatic heterocycles. The van der Waals surface area contributed by atoms with E-state index in [0.29, 0.717) is 38.4 Å². The minimum Gasteiger partial charge on any atom is -0.330 e. The summed E-state index contributed by atoms with van der Waals surface area (Å²) in [6.45, 7) is 6.04. The van der Waals surface area contributed by atoms with E-state index in [9.17, 15) is 9.59 Å². The van der Waals surface area contributed by atoms with Gasteiger partial charge in [-0.05, 0) is 25.1 Å². The Morgan fingerprint density at radius 2 is 2.06 bits per heavy atom. The summed E-state index contributed by atoms with van der Waals surface area (Å²) in [5.74, 6) is 0.641. The molecule has 1 aliphatic heterocycles. The number of halogens is 1. The first-order valence-corrected chi connectivity index (χ1v) is 10.5. The SMILES string of the molecule is CC(=O)c1cnc2n1CCN(C(=O)/C=C/CN(C)CC#N)C2.CCc1ccccc1Cl. The van der Waals surface area contributed by atoms with Gasteiger partial charge in [0.1, 0.15) is 11.5 Å². The van der Waals surface area contributed by atoms with Gasteiger partial charge in [0.25, 0.3) is 0 Å². The van der Waals surface area contributed by atoms with Gasteiger partial charge in [-0.25, -0.2) is 4.98 Å². The van der Waals surface area contributed by atoms with Gasteiger partial charge in [0, 0.05) is 37.7 Å². The molecule has 7 nitrogen and oxygen atoms in total. The zero-order valence-electron chi connectivity index (χ0n) is 18.2. The van der Waals surface area contributed by atoms with Crippen LogP contribution in [0.15, 0.2) is 42.6 Å². The molecule has 0 unspecified atom stereocenters. The van der Waals surface area contributed by atoms with Crippen LogP contribution in [0.3, 0.4) is 0 Å². The topological polar surface area (TPSA) is 82.2 Å². The summed E-state index contributed by atoms with van der Waals surface area (Å²) in [4.78, 5) is 31.3. The van der Waals surface area contributed by atoms with Crippen LogP contribution in [0.4, 0.5) is 0 Å². The summed E-state index contributed by atoms with van der Waals surface area (Å²) in [6, 6.07) is 9.96. The van der Waals surface area contributed by atoms with Crippen LogP contribution in [-0.4, -0.2) is 57.7 Å². The number of nitrogens with zero attached hydrogens (tertiary/aromatic N) is 5. The number of hydrogen-bond donors (Lipinski definition) is 0. The number of carbonyl (C=O) groups is 2. The molecule has 2 heterocycles. The largest absolute Gasteiger partial charge is 0.330 e. The number of fused-ring (bicyclic) bond motifs is 1. The van der Waals surface area contributed by atoms with Gasteiger partial charge in [0.05, 0.1) is 25.4 Å². The summed E-state index contributed by atoms with van der Waals surface area (Å²) in [5.41, 5.74) is 1.81. The molecule has 0 saturated heterocycles. The van der Waals surface area contributed by atoms with E-state index in [1.807, 2.05) is 46.8 Å². The summed E-state index contributed by atoms with van der Waals surface area (Å²) in [5, 5.41) is 9.43. The van der Waals surface area contributed by atoms with Gasteiger partial charge in [-0.15, -0.1) is 0 Å². The number of rotatable bonds is 6. The van der Waals surface area contributed by atoms with Crippen LogP contribution < -0.4 is 0 Å². The van der Waals surface area contributed by atoms with Crippen LogP contribution in [0.5, 0.6) is 0 Å². The number of ketones is 1. The lowest BCUT2D eigenvalue weighted by atomic mass is 10.2. The van der Waals surface area contributed by atoms with Gasteiger partial charge >= 0.3 is 0 Å². The second-order valence-electron chi connectivity index (χ2n) is 7.23. The molecule has 164 valence electrons. The number of imidazole rings is 1. The molecule has 0 atom stereocenters. The third-order valence-corrected chi connectivity index (χ3v) is 5.26. The fourth-order valence-electron chi connectivity index (χ4n) is 3.14. The molecule has 0 radical (unpaired) electrons. The molecule has 0 spiro atoms. The average molecular weight is 442 g/mol. The Bertz CT molecular complexity index is 977. The molecule has 0 bridgehead atoms. The van der Waals surface area contributed by atoms with E-state index in [-0.39, 0.29) is 11.7 Å². The fraction of sp³-hybridized carbons (Fsp3) is 0.391. The highest BCUT2D eigenvalue weighted by Crippen LogP contribution is 2.15.